The summed E-state index contributed by atoms with van der Waals surface area (Å²) in [6, 6.07) is 10.7. The third-order valence-corrected chi connectivity index (χ3v) is 2.96. The molecule has 0 aliphatic rings. The van der Waals surface area contributed by atoms with Gasteiger partial charge in [0.05, 0.1) is 4.92 Å². The molecule has 0 heterocycles. The summed E-state index contributed by atoms with van der Waals surface area (Å²) in [6.07, 6.45) is 0.887. The summed E-state index contributed by atoms with van der Waals surface area (Å²) in [5.41, 5.74) is 0.592. The van der Waals surface area contributed by atoms with E-state index in [0.717, 1.165) is 18.1 Å². The number of aromatic carboxylic acids is 1. The molecular weight excluding hydrogens is 274 g/mol. The molecule has 0 spiro atoms. The van der Waals surface area contributed by atoms with E-state index in [1.54, 1.807) is 12.1 Å². The van der Waals surface area contributed by atoms with Crippen LogP contribution in [0.15, 0.2) is 42.5 Å². The first-order valence-electron chi connectivity index (χ1n) is 6.29. The molecule has 0 saturated carbocycles. The van der Waals surface area contributed by atoms with Crippen LogP contribution < -0.4 is 4.74 Å². The summed E-state index contributed by atoms with van der Waals surface area (Å²) in [5, 5.41) is 19.8. The molecule has 0 fully saturated rings. The van der Waals surface area contributed by atoms with Gasteiger partial charge in [-0.2, -0.15) is 0 Å². The maximum absolute atomic E-state index is 11.2. The van der Waals surface area contributed by atoms with Gasteiger partial charge < -0.3 is 9.84 Å². The molecule has 0 atom stereocenters. The highest BCUT2D eigenvalue weighted by Gasteiger charge is 2.17. The van der Waals surface area contributed by atoms with E-state index < -0.39 is 10.9 Å². The van der Waals surface area contributed by atoms with E-state index in [9.17, 15) is 14.9 Å². The molecule has 1 N–H and O–H groups in total. The molecule has 0 unspecified atom stereocenters. The molecule has 0 saturated heterocycles. The lowest BCUT2D eigenvalue weighted by Gasteiger charge is -2.09. The second-order valence-electron chi connectivity index (χ2n) is 4.34. The number of carboxylic acid groups (broad SMARTS) is 1. The minimum atomic E-state index is -1.28. The largest absolute Gasteiger partial charge is 0.478 e. The number of carboxylic acids is 1. The van der Waals surface area contributed by atoms with Crippen molar-refractivity contribution < 1.29 is 19.6 Å². The fourth-order valence-corrected chi connectivity index (χ4v) is 1.81. The zero-order chi connectivity index (χ0) is 15.4. The molecule has 2 aromatic rings. The Morgan fingerprint density at radius 1 is 1.24 bits per heavy atom. The van der Waals surface area contributed by atoms with Gasteiger partial charge in [0.2, 0.25) is 0 Å². The zero-order valence-electron chi connectivity index (χ0n) is 11.3. The first kappa shape index (κ1) is 14.5. The van der Waals surface area contributed by atoms with Crippen molar-refractivity contribution in [3.8, 4) is 11.5 Å². The maximum Gasteiger partial charge on any atom is 0.339 e. The molecule has 0 aliphatic heterocycles. The van der Waals surface area contributed by atoms with E-state index >= 15 is 0 Å². The van der Waals surface area contributed by atoms with Gasteiger partial charge in [-0.1, -0.05) is 19.1 Å². The van der Waals surface area contributed by atoms with E-state index in [4.69, 9.17) is 9.84 Å². The number of non-ortho nitro benzene ring substituents is 1. The summed E-state index contributed by atoms with van der Waals surface area (Å²) >= 11 is 0. The molecule has 0 radical (unpaired) electrons. The molecule has 0 bridgehead atoms. The summed E-state index contributed by atoms with van der Waals surface area (Å²) < 4.78 is 5.50. The van der Waals surface area contributed by atoms with Crippen LogP contribution in [0, 0.1) is 10.1 Å². The van der Waals surface area contributed by atoms with Gasteiger partial charge >= 0.3 is 5.97 Å². The van der Waals surface area contributed by atoms with Crippen molar-refractivity contribution in [2.24, 2.45) is 0 Å². The number of aryl methyl sites for hydroxylation is 1. The van der Waals surface area contributed by atoms with Gasteiger partial charge in [-0.3, -0.25) is 10.1 Å². The van der Waals surface area contributed by atoms with Crippen LogP contribution >= 0.6 is 0 Å². The van der Waals surface area contributed by atoms with Crippen molar-refractivity contribution >= 4 is 11.7 Å². The lowest BCUT2D eigenvalue weighted by atomic mass is 10.1. The Morgan fingerprint density at radius 3 is 2.43 bits per heavy atom. The number of rotatable bonds is 5. The average Bonchev–Trinajstić information content (AvgIpc) is 2.48. The number of nitrogens with zero attached hydrogens (tertiary/aromatic N) is 1. The third-order valence-electron chi connectivity index (χ3n) is 2.96. The second kappa shape index (κ2) is 6.04. The fraction of sp³-hybridized carbons (Fsp3) is 0.133. The van der Waals surface area contributed by atoms with Crippen molar-refractivity contribution in [3.63, 3.8) is 0 Å². The monoisotopic (exact) mass is 287 g/mol. The molecule has 0 aliphatic carbocycles. The Balaban J connectivity index is 2.34. The summed E-state index contributed by atoms with van der Waals surface area (Å²) in [7, 11) is 0. The lowest BCUT2D eigenvalue weighted by Crippen LogP contribution is -2.01. The van der Waals surface area contributed by atoms with Crippen LogP contribution in [0.2, 0.25) is 0 Å². The minimum Gasteiger partial charge on any atom is -0.478 e. The molecule has 2 aromatic carbocycles. The highest BCUT2D eigenvalue weighted by Crippen LogP contribution is 2.29. The van der Waals surface area contributed by atoms with Gasteiger partial charge in [0.1, 0.15) is 17.1 Å². The van der Waals surface area contributed by atoms with Crippen molar-refractivity contribution in [2.75, 3.05) is 0 Å². The van der Waals surface area contributed by atoms with Crippen molar-refractivity contribution in [2.45, 2.75) is 13.3 Å². The molecule has 21 heavy (non-hydrogen) atoms. The first-order chi connectivity index (χ1) is 10.0. The fourth-order valence-electron chi connectivity index (χ4n) is 1.81. The van der Waals surface area contributed by atoms with Crippen LogP contribution in [0.5, 0.6) is 11.5 Å². The molecule has 6 heteroatoms. The van der Waals surface area contributed by atoms with Crippen LogP contribution in [0.4, 0.5) is 5.69 Å². The summed E-state index contributed by atoms with van der Waals surface area (Å²) in [4.78, 5) is 21.2. The van der Waals surface area contributed by atoms with Gasteiger partial charge in [-0.25, -0.2) is 4.79 Å². The number of hydrogen-bond acceptors (Lipinski definition) is 4. The zero-order valence-corrected chi connectivity index (χ0v) is 11.3. The van der Waals surface area contributed by atoms with Gasteiger partial charge in [-0.15, -0.1) is 0 Å². The van der Waals surface area contributed by atoms with Crippen LogP contribution in [-0.2, 0) is 6.42 Å². The Kier molecular flexibility index (Phi) is 4.18. The Labute approximate surface area is 120 Å². The van der Waals surface area contributed by atoms with Crippen molar-refractivity contribution in [1.82, 2.24) is 0 Å². The van der Waals surface area contributed by atoms with Crippen LogP contribution in [0.1, 0.15) is 22.8 Å². The van der Waals surface area contributed by atoms with E-state index in [-0.39, 0.29) is 17.0 Å². The average molecular weight is 287 g/mol. The quantitative estimate of drug-likeness (QED) is 0.669. The van der Waals surface area contributed by atoms with Crippen molar-refractivity contribution in [1.29, 1.82) is 0 Å². The normalized spacial score (nSPS) is 10.1. The molecule has 0 aromatic heterocycles. The van der Waals surface area contributed by atoms with E-state index in [1.807, 2.05) is 19.1 Å². The minimum absolute atomic E-state index is 0.0670. The number of nitro groups is 1. The predicted octanol–water partition coefficient (Wildman–Crippen LogP) is 3.65. The number of hydrogen-bond donors (Lipinski definition) is 1. The van der Waals surface area contributed by atoms with Crippen LogP contribution in [-0.4, -0.2) is 16.0 Å². The summed E-state index contributed by atoms with van der Waals surface area (Å²) in [6.45, 7) is 2.02. The molecule has 108 valence electrons. The van der Waals surface area contributed by atoms with E-state index in [2.05, 4.69) is 0 Å². The van der Waals surface area contributed by atoms with Gasteiger partial charge in [0, 0.05) is 12.1 Å². The number of ether oxygens (including phenoxy) is 1. The SMILES string of the molecule is CCc1ccc(Oc2ccc([N+](=O)[O-])cc2C(=O)O)cc1. The first-order valence-corrected chi connectivity index (χ1v) is 6.29. The third kappa shape index (κ3) is 3.36. The molecular formula is C15H13NO5. The van der Waals surface area contributed by atoms with Crippen LogP contribution in [0.25, 0.3) is 0 Å². The number of benzene rings is 2. The van der Waals surface area contributed by atoms with E-state index in [1.165, 1.54) is 12.1 Å². The topological polar surface area (TPSA) is 89.7 Å². The molecule has 2 rings (SSSR count). The Hall–Kier alpha value is -2.89. The van der Waals surface area contributed by atoms with Gasteiger partial charge in [-0.05, 0) is 30.2 Å². The molecule has 0 amide bonds. The second-order valence-corrected chi connectivity index (χ2v) is 4.34. The van der Waals surface area contributed by atoms with Gasteiger partial charge in [0.25, 0.3) is 5.69 Å². The highest BCUT2D eigenvalue weighted by molar-refractivity contribution is 5.91. The number of carbonyl (C=O) groups is 1. The lowest BCUT2D eigenvalue weighted by molar-refractivity contribution is -0.384. The standard InChI is InChI=1S/C15H13NO5/c1-2-10-3-6-12(7-4-10)21-14-8-5-11(16(19)20)9-13(14)15(17)18/h3-9H,2H2,1H3,(H,17,18). The maximum atomic E-state index is 11.2. The molecule has 6 nitrogen and oxygen atoms in total. The smallest absolute Gasteiger partial charge is 0.339 e. The van der Waals surface area contributed by atoms with E-state index in [0.29, 0.717) is 5.75 Å². The Morgan fingerprint density at radius 2 is 1.90 bits per heavy atom. The predicted molar refractivity (Wildman–Crippen MR) is 75.9 cm³/mol. The highest BCUT2D eigenvalue weighted by atomic mass is 16.6. The Bertz CT molecular complexity index is 679. The van der Waals surface area contributed by atoms with Crippen molar-refractivity contribution in [3.05, 3.63) is 63.7 Å². The van der Waals surface area contributed by atoms with Gasteiger partial charge in [0.15, 0.2) is 0 Å². The number of nitro benzene ring substituents is 1. The summed E-state index contributed by atoms with van der Waals surface area (Å²) in [5.74, 6) is -0.736. The van der Waals surface area contributed by atoms with Crippen LogP contribution in [0.3, 0.4) is 0 Å².